The Morgan fingerprint density at radius 3 is 2.64 bits per heavy atom. The van der Waals surface area contributed by atoms with Gasteiger partial charge < -0.3 is 5.73 Å². The molecule has 0 spiro atoms. The van der Waals surface area contributed by atoms with Crippen molar-refractivity contribution in [3.8, 4) is 0 Å². The van der Waals surface area contributed by atoms with Gasteiger partial charge in [-0.1, -0.05) is 26.2 Å². The Labute approximate surface area is 70.4 Å². The van der Waals surface area contributed by atoms with Gasteiger partial charge in [0.25, 0.3) is 0 Å². The van der Waals surface area contributed by atoms with Crippen LogP contribution in [0.3, 0.4) is 0 Å². The fourth-order valence-electron chi connectivity index (χ4n) is 1.72. The average molecular weight is 155 g/mol. The lowest BCUT2D eigenvalue weighted by atomic mass is 9.94. The molecule has 1 heteroatoms. The molecular weight excluding hydrogens is 134 g/mol. The van der Waals surface area contributed by atoms with Crippen molar-refractivity contribution in [2.75, 3.05) is 6.54 Å². The Morgan fingerprint density at radius 2 is 2.18 bits per heavy atom. The summed E-state index contributed by atoms with van der Waals surface area (Å²) in [5.74, 6) is 2.07. The van der Waals surface area contributed by atoms with E-state index in [1.54, 1.807) is 0 Å². The summed E-state index contributed by atoms with van der Waals surface area (Å²) in [6, 6.07) is 0. The molecule has 1 aliphatic rings. The molecule has 0 bridgehead atoms. The van der Waals surface area contributed by atoms with Gasteiger partial charge >= 0.3 is 0 Å². The second-order valence-electron chi connectivity index (χ2n) is 3.88. The first-order valence-corrected chi connectivity index (χ1v) is 5.06. The van der Waals surface area contributed by atoms with Gasteiger partial charge in [0.05, 0.1) is 0 Å². The Balaban J connectivity index is 2.02. The second kappa shape index (κ2) is 4.76. The van der Waals surface area contributed by atoms with Gasteiger partial charge in [0.1, 0.15) is 0 Å². The predicted molar refractivity (Wildman–Crippen MR) is 49.4 cm³/mol. The Morgan fingerprint density at radius 1 is 1.45 bits per heavy atom. The van der Waals surface area contributed by atoms with E-state index in [0.29, 0.717) is 0 Å². The third kappa shape index (κ3) is 3.76. The average Bonchev–Trinajstić information content (AvgIpc) is 2.81. The summed E-state index contributed by atoms with van der Waals surface area (Å²) >= 11 is 0. The van der Waals surface area contributed by atoms with Crippen molar-refractivity contribution in [3.05, 3.63) is 0 Å². The van der Waals surface area contributed by atoms with E-state index in [1.165, 1.54) is 38.5 Å². The Bertz CT molecular complexity index is 97.0. The minimum Gasteiger partial charge on any atom is -0.330 e. The summed E-state index contributed by atoms with van der Waals surface area (Å²) in [6.45, 7) is 3.19. The maximum absolute atomic E-state index is 5.48. The zero-order valence-corrected chi connectivity index (χ0v) is 7.68. The Hall–Kier alpha value is -0.0400. The monoisotopic (exact) mass is 155 g/mol. The topological polar surface area (TPSA) is 26.0 Å². The van der Waals surface area contributed by atoms with Crippen LogP contribution in [0.2, 0.25) is 0 Å². The first kappa shape index (κ1) is 9.05. The van der Waals surface area contributed by atoms with Gasteiger partial charge in [-0.05, 0) is 37.6 Å². The summed E-state index contributed by atoms with van der Waals surface area (Å²) in [4.78, 5) is 0. The molecule has 1 fully saturated rings. The van der Waals surface area contributed by atoms with Gasteiger partial charge in [-0.15, -0.1) is 0 Å². The maximum Gasteiger partial charge on any atom is -0.00772 e. The highest BCUT2D eigenvalue weighted by Crippen LogP contribution is 2.37. The number of nitrogens with two attached hydrogens (primary N) is 1. The van der Waals surface area contributed by atoms with Crippen molar-refractivity contribution in [1.29, 1.82) is 0 Å². The molecule has 2 N–H and O–H groups in total. The third-order valence-electron chi connectivity index (χ3n) is 2.76. The summed E-state index contributed by atoms with van der Waals surface area (Å²) in [6.07, 6.45) is 8.43. The van der Waals surface area contributed by atoms with Gasteiger partial charge in [0.2, 0.25) is 0 Å². The zero-order valence-electron chi connectivity index (χ0n) is 7.68. The van der Waals surface area contributed by atoms with Crippen LogP contribution in [0.5, 0.6) is 0 Å². The number of hydrogen-bond acceptors (Lipinski definition) is 1. The fraction of sp³-hybridized carbons (Fsp3) is 1.00. The molecule has 1 rings (SSSR count). The molecule has 66 valence electrons. The quantitative estimate of drug-likeness (QED) is 0.626. The SMILES string of the molecule is CCC(CCCN)CC1CC1. The molecule has 0 aromatic heterocycles. The van der Waals surface area contributed by atoms with Crippen LogP contribution in [0, 0.1) is 11.8 Å². The molecule has 0 aliphatic heterocycles. The molecule has 1 unspecified atom stereocenters. The minimum atomic E-state index is 0.876. The van der Waals surface area contributed by atoms with Crippen LogP contribution in [-0.2, 0) is 0 Å². The lowest BCUT2D eigenvalue weighted by Gasteiger charge is -2.12. The smallest absolute Gasteiger partial charge is 0.00772 e. The molecule has 1 atom stereocenters. The molecule has 1 nitrogen and oxygen atoms in total. The highest BCUT2D eigenvalue weighted by atomic mass is 14.5. The molecule has 0 aromatic rings. The van der Waals surface area contributed by atoms with Crippen LogP contribution in [0.4, 0.5) is 0 Å². The van der Waals surface area contributed by atoms with Crippen molar-refractivity contribution in [2.24, 2.45) is 17.6 Å². The predicted octanol–water partition coefficient (Wildman–Crippen LogP) is 2.55. The first-order valence-electron chi connectivity index (χ1n) is 5.06. The third-order valence-corrected chi connectivity index (χ3v) is 2.76. The zero-order chi connectivity index (χ0) is 8.10. The molecule has 1 aliphatic carbocycles. The molecule has 0 saturated heterocycles. The van der Waals surface area contributed by atoms with E-state index < -0.39 is 0 Å². The molecule has 1 saturated carbocycles. The van der Waals surface area contributed by atoms with Gasteiger partial charge in [-0.2, -0.15) is 0 Å². The molecule has 0 aromatic carbocycles. The van der Waals surface area contributed by atoms with Gasteiger partial charge in [-0.3, -0.25) is 0 Å². The van der Waals surface area contributed by atoms with Crippen molar-refractivity contribution < 1.29 is 0 Å². The van der Waals surface area contributed by atoms with Crippen LogP contribution in [0.15, 0.2) is 0 Å². The van der Waals surface area contributed by atoms with E-state index in [4.69, 9.17) is 5.73 Å². The molecule has 0 amide bonds. The van der Waals surface area contributed by atoms with Crippen LogP contribution < -0.4 is 5.73 Å². The van der Waals surface area contributed by atoms with Gasteiger partial charge in [0, 0.05) is 0 Å². The van der Waals surface area contributed by atoms with Gasteiger partial charge in [0.15, 0.2) is 0 Å². The van der Waals surface area contributed by atoms with E-state index >= 15 is 0 Å². The van der Waals surface area contributed by atoms with E-state index in [9.17, 15) is 0 Å². The number of rotatable bonds is 6. The van der Waals surface area contributed by atoms with Crippen molar-refractivity contribution >= 4 is 0 Å². The summed E-state index contributed by atoms with van der Waals surface area (Å²) in [7, 11) is 0. The van der Waals surface area contributed by atoms with E-state index in [2.05, 4.69) is 6.92 Å². The van der Waals surface area contributed by atoms with Gasteiger partial charge in [-0.25, -0.2) is 0 Å². The summed E-state index contributed by atoms with van der Waals surface area (Å²) in [5, 5.41) is 0. The second-order valence-corrected chi connectivity index (χ2v) is 3.88. The molecular formula is C10H21N. The minimum absolute atomic E-state index is 0.876. The van der Waals surface area contributed by atoms with E-state index in [0.717, 1.165) is 18.4 Å². The fourth-order valence-corrected chi connectivity index (χ4v) is 1.72. The number of hydrogen-bond donors (Lipinski definition) is 1. The normalized spacial score (nSPS) is 20.2. The summed E-state index contributed by atoms with van der Waals surface area (Å²) < 4.78 is 0. The van der Waals surface area contributed by atoms with Crippen molar-refractivity contribution in [2.45, 2.75) is 45.4 Å². The van der Waals surface area contributed by atoms with Crippen LogP contribution in [0.1, 0.15) is 45.4 Å². The molecule has 0 radical (unpaired) electrons. The molecule has 0 heterocycles. The van der Waals surface area contributed by atoms with Crippen LogP contribution >= 0.6 is 0 Å². The standard InChI is InChI=1S/C10H21N/c1-2-9(4-3-7-11)8-10-5-6-10/h9-10H,2-8,11H2,1H3. The van der Waals surface area contributed by atoms with Crippen LogP contribution in [-0.4, -0.2) is 6.54 Å². The largest absolute Gasteiger partial charge is 0.330 e. The highest BCUT2D eigenvalue weighted by molar-refractivity contribution is 4.76. The first-order chi connectivity index (χ1) is 5.36. The molecule has 11 heavy (non-hydrogen) atoms. The van der Waals surface area contributed by atoms with E-state index in [1.807, 2.05) is 0 Å². The lowest BCUT2D eigenvalue weighted by Crippen LogP contribution is -2.05. The summed E-state index contributed by atoms with van der Waals surface area (Å²) in [5.41, 5.74) is 5.48. The Kier molecular flexibility index (Phi) is 3.92. The van der Waals surface area contributed by atoms with Crippen LogP contribution in [0.25, 0.3) is 0 Å². The highest BCUT2D eigenvalue weighted by Gasteiger charge is 2.24. The van der Waals surface area contributed by atoms with Crippen molar-refractivity contribution in [3.63, 3.8) is 0 Å². The van der Waals surface area contributed by atoms with E-state index in [-0.39, 0.29) is 0 Å². The lowest BCUT2D eigenvalue weighted by molar-refractivity contribution is 0.404. The van der Waals surface area contributed by atoms with Crippen molar-refractivity contribution in [1.82, 2.24) is 0 Å². The maximum atomic E-state index is 5.48.